The van der Waals surface area contributed by atoms with Crippen LogP contribution in [-0.4, -0.2) is 27.0 Å². The topological polar surface area (TPSA) is 71.1 Å². The summed E-state index contributed by atoms with van der Waals surface area (Å²) in [6.45, 7) is 2.67. The first kappa shape index (κ1) is 15.3. The second-order valence-electron chi connectivity index (χ2n) is 5.83. The molecule has 0 amide bonds. The molecule has 2 rings (SSSR count). The highest BCUT2D eigenvalue weighted by Crippen LogP contribution is 2.35. The third-order valence-corrected chi connectivity index (χ3v) is 5.44. The van der Waals surface area contributed by atoms with Gasteiger partial charge in [0.15, 0.2) is 0 Å². The van der Waals surface area contributed by atoms with Crippen LogP contribution in [0.2, 0.25) is 0 Å². The highest BCUT2D eigenvalue weighted by molar-refractivity contribution is 7.89. The summed E-state index contributed by atoms with van der Waals surface area (Å²) in [5.41, 5.74) is 0.0870. The predicted octanol–water partition coefficient (Wildman–Crippen LogP) is 2.37. The molecule has 6 heteroatoms. The van der Waals surface area contributed by atoms with Gasteiger partial charge < -0.3 is 5.32 Å². The van der Waals surface area contributed by atoms with E-state index in [1.165, 1.54) is 25.5 Å². The maximum atomic E-state index is 12.2. The molecule has 0 bridgehead atoms. The second-order valence-corrected chi connectivity index (χ2v) is 7.59. The third-order valence-electron chi connectivity index (χ3n) is 4.05. The van der Waals surface area contributed by atoms with E-state index in [-0.39, 0.29) is 10.3 Å². The number of rotatable bonds is 5. The smallest absolute Gasteiger partial charge is 0.242 e. The van der Waals surface area contributed by atoms with Gasteiger partial charge in [0.25, 0.3) is 0 Å². The monoisotopic (exact) mass is 297 g/mol. The molecule has 0 unspecified atom stereocenters. The minimum atomic E-state index is -3.46. The summed E-state index contributed by atoms with van der Waals surface area (Å²) in [5, 5.41) is 2.87. The van der Waals surface area contributed by atoms with Crippen LogP contribution in [0.1, 0.15) is 39.0 Å². The van der Waals surface area contributed by atoms with E-state index < -0.39 is 10.0 Å². The van der Waals surface area contributed by atoms with E-state index in [4.69, 9.17) is 0 Å². The number of nitrogens with one attached hydrogen (secondary N) is 2. The molecule has 0 atom stereocenters. The SMILES string of the molecule is CNc1ccc(S(=O)(=O)NCC2(C)CCCCC2)cn1. The van der Waals surface area contributed by atoms with Gasteiger partial charge >= 0.3 is 0 Å². The van der Waals surface area contributed by atoms with Gasteiger partial charge in [-0.1, -0.05) is 26.2 Å². The van der Waals surface area contributed by atoms with E-state index in [9.17, 15) is 8.42 Å². The maximum absolute atomic E-state index is 12.2. The summed E-state index contributed by atoms with van der Waals surface area (Å²) < 4.78 is 27.2. The Bertz CT molecular complexity index is 534. The van der Waals surface area contributed by atoms with Crippen molar-refractivity contribution in [3.63, 3.8) is 0 Å². The lowest BCUT2D eigenvalue weighted by atomic mass is 9.76. The van der Waals surface area contributed by atoms with Crippen molar-refractivity contribution in [2.75, 3.05) is 18.9 Å². The Morgan fingerprint density at radius 3 is 2.50 bits per heavy atom. The summed E-state index contributed by atoms with van der Waals surface area (Å²) in [4.78, 5) is 4.26. The van der Waals surface area contributed by atoms with Crippen LogP contribution in [0.5, 0.6) is 0 Å². The number of aromatic nitrogens is 1. The largest absolute Gasteiger partial charge is 0.373 e. The second kappa shape index (κ2) is 6.10. The van der Waals surface area contributed by atoms with Crippen molar-refractivity contribution in [2.45, 2.75) is 43.9 Å². The molecule has 2 N–H and O–H groups in total. The lowest BCUT2D eigenvalue weighted by molar-refractivity contribution is 0.219. The molecule has 1 aliphatic rings. The van der Waals surface area contributed by atoms with E-state index in [1.807, 2.05) is 0 Å². The Kier molecular flexibility index (Phi) is 4.65. The third kappa shape index (κ3) is 3.70. The molecule has 1 aromatic heterocycles. The van der Waals surface area contributed by atoms with Crippen LogP contribution >= 0.6 is 0 Å². The lowest BCUT2D eigenvalue weighted by Crippen LogP contribution is -2.37. The summed E-state index contributed by atoms with van der Waals surface area (Å²) in [6, 6.07) is 3.24. The standard InChI is InChI=1S/C14H23N3O2S/c1-14(8-4-3-5-9-14)11-17-20(18,19)12-6-7-13(15-2)16-10-12/h6-7,10,17H,3-5,8-9,11H2,1-2H3,(H,15,16). The van der Waals surface area contributed by atoms with Gasteiger partial charge in [0.2, 0.25) is 10.0 Å². The van der Waals surface area contributed by atoms with E-state index in [1.54, 1.807) is 19.2 Å². The van der Waals surface area contributed by atoms with Gasteiger partial charge in [-0.05, 0) is 30.4 Å². The van der Waals surface area contributed by atoms with Crippen molar-refractivity contribution in [3.05, 3.63) is 18.3 Å². The van der Waals surface area contributed by atoms with Crippen LogP contribution in [0.4, 0.5) is 5.82 Å². The van der Waals surface area contributed by atoms with Gasteiger partial charge in [0, 0.05) is 19.8 Å². The van der Waals surface area contributed by atoms with Crippen molar-refractivity contribution in [1.82, 2.24) is 9.71 Å². The van der Waals surface area contributed by atoms with E-state index >= 15 is 0 Å². The van der Waals surface area contributed by atoms with Gasteiger partial charge in [-0.3, -0.25) is 0 Å². The lowest BCUT2D eigenvalue weighted by Gasteiger charge is -2.33. The number of nitrogens with zero attached hydrogens (tertiary/aromatic N) is 1. The number of anilines is 1. The van der Waals surface area contributed by atoms with Gasteiger partial charge in [-0.25, -0.2) is 18.1 Å². The van der Waals surface area contributed by atoms with Crippen LogP contribution in [0.15, 0.2) is 23.2 Å². The average molecular weight is 297 g/mol. The molecule has 1 aliphatic carbocycles. The Morgan fingerprint density at radius 1 is 1.25 bits per heavy atom. The van der Waals surface area contributed by atoms with E-state index in [0.29, 0.717) is 12.4 Å². The molecule has 20 heavy (non-hydrogen) atoms. The maximum Gasteiger partial charge on any atom is 0.242 e. The highest BCUT2D eigenvalue weighted by atomic mass is 32.2. The van der Waals surface area contributed by atoms with Gasteiger partial charge in [0.1, 0.15) is 10.7 Å². The van der Waals surface area contributed by atoms with Crippen LogP contribution in [0.25, 0.3) is 0 Å². The molecule has 1 fully saturated rings. The summed E-state index contributed by atoms with van der Waals surface area (Å²) in [6.07, 6.45) is 7.21. The fourth-order valence-corrected chi connectivity index (χ4v) is 3.77. The highest BCUT2D eigenvalue weighted by Gasteiger charge is 2.28. The zero-order chi connectivity index (χ0) is 14.6. The normalized spacial score (nSPS) is 18.7. The molecular formula is C14H23N3O2S. The molecule has 1 saturated carbocycles. The van der Waals surface area contributed by atoms with Crippen LogP contribution in [-0.2, 0) is 10.0 Å². The molecule has 0 aliphatic heterocycles. The Labute approximate surface area is 121 Å². The minimum Gasteiger partial charge on any atom is -0.373 e. The Balaban J connectivity index is 2.02. The molecule has 0 saturated heterocycles. The molecule has 5 nitrogen and oxygen atoms in total. The molecule has 0 radical (unpaired) electrons. The molecular weight excluding hydrogens is 274 g/mol. The first-order valence-electron chi connectivity index (χ1n) is 7.09. The first-order chi connectivity index (χ1) is 9.45. The fraction of sp³-hybridized carbons (Fsp3) is 0.643. The predicted molar refractivity (Wildman–Crippen MR) is 80.2 cm³/mol. The zero-order valence-corrected chi connectivity index (χ0v) is 13.0. The fourth-order valence-electron chi connectivity index (χ4n) is 2.62. The van der Waals surface area contributed by atoms with E-state index in [2.05, 4.69) is 21.9 Å². The van der Waals surface area contributed by atoms with Crippen LogP contribution < -0.4 is 10.0 Å². The Hall–Kier alpha value is -1.14. The number of hydrogen-bond donors (Lipinski definition) is 2. The number of sulfonamides is 1. The minimum absolute atomic E-state index is 0.0870. The van der Waals surface area contributed by atoms with Crippen molar-refractivity contribution < 1.29 is 8.42 Å². The Morgan fingerprint density at radius 2 is 1.95 bits per heavy atom. The van der Waals surface area contributed by atoms with Gasteiger partial charge in [-0.2, -0.15) is 0 Å². The summed E-state index contributed by atoms with van der Waals surface area (Å²) >= 11 is 0. The average Bonchev–Trinajstić information content (AvgIpc) is 2.46. The van der Waals surface area contributed by atoms with Crippen LogP contribution in [0, 0.1) is 5.41 Å². The van der Waals surface area contributed by atoms with Crippen molar-refractivity contribution in [2.24, 2.45) is 5.41 Å². The molecule has 1 aromatic rings. The first-order valence-corrected chi connectivity index (χ1v) is 8.57. The van der Waals surface area contributed by atoms with Crippen LogP contribution in [0.3, 0.4) is 0 Å². The van der Waals surface area contributed by atoms with E-state index in [0.717, 1.165) is 12.8 Å². The van der Waals surface area contributed by atoms with Crippen molar-refractivity contribution >= 4 is 15.8 Å². The van der Waals surface area contributed by atoms with Gasteiger partial charge in [-0.15, -0.1) is 0 Å². The summed E-state index contributed by atoms with van der Waals surface area (Å²) in [5.74, 6) is 0.656. The van der Waals surface area contributed by atoms with Crippen molar-refractivity contribution in [3.8, 4) is 0 Å². The van der Waals surface area contributed by atoms with Crippen molar-refractivity contribution in [1.29, 1.82) is 0 Å². The summed E-state index contributed by atoms with van der Waals surface area (Å²) in [7, 11) is -1.71. The number of pyridine rings is 1. The number of hydrogen-bond acceptors (Lipinski definition) is 4. The molecule has 1 heterocycles. The quantitative estimate of drug-likeness (QED) is 0.875. The molecule has 112 valence electrons. The molecule has 0 spiro atoms. The van der Waals surface area contributed by atoms with Gasteiger partial charge in [0.05, 0.1) is 0 Å². The molecule has 0 aromatic carbocycles. The zero-order valence-electron chi connectivity index (χ0n) is 12.1.